The van der Waals surface area contributed by atoms with Gasteiger partial charge in [-0.05, 0) is 39.2 Å². The Bertz CT molecular complexity index is 855. The third-order valence-electron chi connectivity index (χ3n) is 6.59. The Labute approximate surface area is 179 Å². The second kappa shape index (κ2) is 8.90. The van der Waals surface area contributed by atoms with Gasteiger partial charge in [-0.15, -0.1) is 0 Å². The molecule has 2 aliphatic rings. The smallest absolute Gasteiger partial charge is 0.230 e. The molecule has 1 amide bonds. The fraction of sp³-hybridized carbons (Fsp3) is 0.583. The molecule has 0 N–H and O–H groups in total. The van der Waals surface area contributed by atoms with Crippen LogP contribution in [0.3, 0.4) is 0 Å². The number of likely N-dealkylation sites (tertiary alicyclic amines) is 1. The van der Waals surface area contributed by atoms with Crippen LogP contribution in [0.4, 0.5) is 0 Å². The van der Waals surface area contributed by atoms with E-state index in [9.17, 15) is 4.79 Å². The van der Waals surface area contributed by atoms with Crippen molar-refractivity contribution in [3.63, 3.8) is 0 Å². The van der Waals surface area contributed by atoms with Crippen molar-refractivity contribution in [1.29, 1.82) is 0 Å². The van der Waals surface area contributed by atoms with Crippen molar-refractivity contribution in [1.82, 2.24) is 15.0 Å². The highest BCUT2D eigenvalue weighted by atomic mass is 16.5. The number of benzene rings is 1. The van der Waals surface area contributed by atoms with Crippen LogP contribution >= 0.6 is 0 Å². The Hall–Kier alpha value is -2.18. The zero-order valence-corrected chi connectivity index (χ0v) is 18.4. The first-order valence-corrected chi connectivity index (χ1v) is 11.0. The van der Waals surface area contributed by atoms with Crippen molar-refractivity contribution in [2.24, 2.45) is 5.41 Å². The number of aryl methyl sites for hydroxylation is 1. The van der Waals surface area contributed by atoms with Gasteiger partial charge in [-0.3, -0.25) is 9.69 Å². The lowest BCUT2D eigenvalue weighted by Crippen LogP contribution is -2.55. The van der Waals surface area contributed by atoms with E-state index in [4.69, 9.17) is 9.26 Å². The van der Waals surface area contributed by atoms with E-state index in [1.165, 1.54) is 5.56 Å². The monoisotopic (exact) mass is 411 g/mol. The third kappa shape index (κ3) is 4.44. The molecule has 2 aliphatic heterocycles. The minimum atomic E-state index is -0.468. The molecular weight excluding hydrogens is 378 g/mol. The second-order valence-corrected chi connectivity index (χ2v) is 9.12. The molecule has 0 radical (unpaired) electrons. The standard InChI is InChI=1S/C24H33N3O3/c1-18-5-7-19(8-6-18)22-15-21(30-25-22)16-24(23(28)26(2)3)11-4-12-27(17-24)20-9-13-29-14-10-20/h5-8,15,20H,4,9-14,16-17H2,1-3H3/t24-/m0/s1. The van der Waals surface area contributed by atoms with E-state index in [2.05, 4.69) is 41.2 Å². The first kappa shape index (κ1) is 21.1. The largest absolute Gasteiger partial charge is 0.381 e. The minimum Gasteiger partial charge on any atom is -0.381 e. The number of aromatic nitrogens is 1. The van der Waals surface area contributed by atoms with Crippen molar-refractivity contribution in [3.05, 3.63) is 41.7 Å². The molecule has 0 bridgehead atoms. The number of amides is 1. The van der Waals surface area contributed by atoms with Crippen LogP contribution in [0.15, 0.2) is 34.9 Å². The van der Waals surface area contributed by atoms with Gasteiger partial charge in [0, 0.05) is 57.9 Å². The van der Waals surface area contributed by atoms with Gasteiger partial charge in [-0.25, -0.2) is 0 Å². The second-order valence-electron chi connectivity index (χ2n) is 9.12. The molecule has 1 aromatic heterocycles. The number of nitrogens with zero attached hydrogens (tertiary/aromatic N) is 3. The van der Waals surface area contributed by atoms with Gasteiger partial charge in [0.15, 0.2) is 0 Å². The van der Waals surface area contributed by atoms with E-state index >= 15 is 0 Å². The molecule has 1 atom stereocenters. The topological polar surface area (TPSA) is 58.8 Å². The lowest BCUT2D eigenvalue weighted by atomic mass is 9.74. The average Bonchev–Trinajstić information content (AvgIpc) is 3.22. The number of ether oxygens (including phenoxy) is 1. The Morgan fingerprint density at radius 2 is 1.97 bits per heavy atom. The summed E-state index contributed by atoms with van der Waals surface area (Å²) in [5.74, 6) is 0.974. The minimum absolute atomic E-state index is 0.188. The summed E-state index contributed by atoms with van der Waals surface area (Å²) in [6.45, 7) is 5.53. The molecule has 4 rings (SSSR count). The van der Waals surface area contributed by atoms with E-state index in [0.717, 1.165) is 69.0 Å². The number of carbonyl (C=O) groups is 1. The lowest BCUT2D eigenvalue weighted by molar-refractivity contribution is -0.144. The molecule has 0 spiro atoms. The molecule has 1 aromatic carbocycles. The summed E-state index contributed by atoms with van der Waals surface area (Å²) in [6.07, 6.45) is 4.58. The van der Waals surface area contributed by atoms with Crippen molar-refractivity contribution >= 4 is 5.91 Å². The Balaban J connectivity index is 1.56. The van der Waals surface area contributed by atoms with Crippen LogP contribution in [0.5, 0.6) is 0 Å². The van der Waals surface area contributed by atoms with Gasteiger partial charge in [0.25, 0.3) is 0 Å². The summed E-state index contributed by atoms with van der Waals surface area (Å²) >= 11 is 0. The van der Waals surface area contributed by atoms with E-state index in [1.807, 2.05) is 20.2 Å². The predicted molar refractivity (Wildman–Crippen MR) is 116 cm³/mol. The van der Waals surface area contributed by atoms with E-state index in [1.54, 1.807) is 4.90 Å². The molecule has 6 nitrogen and oxygen atoms in total. The summed E-state index contributed by atoms with van der Waals surface area (Å²) < 4.78 is 11.3. The van der Waals surface area contributed by atoms with Crippen LogP contribution in [-0.2, 0) is 16.0 Å². The Morgan fingerprint density at radius 1 is 1.23 bits per heavy atom. The van der Waals surface area contributed by atoms with Gasteiger partial charge in [0.2, 0.25) is 5.91 Å². The molecular formula is C24H33N3O3. The molecule has 2 fully saturated rings. The van der Waals surface area contributed by atoms with Crippen molar-refractivity contribution in [2.45, 2.75) is 45.1 Å². The van der Waals surface area contributed by atoms with E-state index in [-0.39, 0.29) is 5.91 Å². The molecule has 162 valence electrons. The van der Waals surface area contributed by atoms with Crippen LogP contribution in [-0.4, -0.2) is 67.3 Å². The maximum absolute atomic E-state index is 13.4. The Kier molecular flexibility index (Phi) is 6.25. The normalized spacial score (nSPS) is 23.4. The fourth-order valence-corrected chi connectivity index (χ4v) is 4.99. The van der Waals surface area contributed by atoms with Gasteiger partial charge >= 0.3 is 0 Å². The van der Waals surface area contributed by atoms with Crippen molar-refractivity contribution in [2.75, 3.05) is 40.4 Å². The van der Waals surface area contributed by atoms with E-state index in [0.29, 0.717) is 12.5 Å². The highest BCUT2D eigenvalue weighted by Gasteiger charge is 2.45. The first-order chi connectivity index (χ1) is 14.5. The molecule has 30 heavy (non-hydrogen) atoms. The first-order valence-electron chi connectivity index (χ1n) is 11.0. The van der Waals surface area contributed by atoms with Gasteiger partial charge in [0.05, 0.1) is 5.41 Å². The maximum atomic E-state index is 13.4. The van der Waals surface area contributed by atoms with Crippen LogP contribution < -0.4 is 0 Å². The molecule has 2 saturated heterocycles. The van der Waals surface area contributed by atoms with Crippen LogP contribution in [0, 0.1) is 12.3 Å². The predicted octanol–water partition coefficient (Wildman–Crippen LogP) is 3.54. The van der Waals surface area contributed by atoms with Gasteiger partial charge in [-0.1, -0.05) is 35.0 Å². The number of hydrogen-bond donors (Lipinski definition) is 0. The molecule has 0 unspecified atom stereocenters. The van der Waals surface area contributed by atoms with E-state index < -0.39 is 5.41 Å². The van der Waals surface area contributed by atoms with Gasteiger partial charge in [0.1, 0.15) is 11.5 Å². The van der Waals surface area contributed by atoms with Crippen LogP contribution in [0.1, 0.15) is 37.0 Å². The van der Waals surface area contributed by atoms with Crippen LogP contribution in [0.25, 0.3) is 11.3 Å². The molecule has 3 heterocycles. The number of piperidine rings is 1. The maximum Gasteiger partial charge on any atom is 0.230 e. The van der Waals surface area contributed by atoms with Crippen LogP contribution in [0.2, 0.25) is 0 Å². The SMILES string of the molecule is Cc1ccc(-c2cc(C[C@@]3(C(=O)N(C)C)CCCN(C4CCOCC4)C3)on2)cc1. The zero-order chi connectivity index (χ0) is 21.1. The van der Waals surface area contributed by atoms with Crippen molar-refractivity contribution in [3.8, 4) is 11.3 Å². The summed E-state index contributed by atoms with van der Waals surface area (Å²) in [7, 11) is 3.71. The third-order valence-corrected chi connectivity index (χ3v) is 6.59. The lowest BCUT2D eigenvalue weighted by Gasteiger charge is -2.46. The quantitative estimate of drug-likeness (QED) is 0.753. The fourth-order valence-electron chi connectivity index (χ4n) is 4.99. The zero-order valence-electron chi connectivity index (χ0n) is 18.4. The molecule has 0 aliphatic carbocycles. The molecule has 2 aromatic rings. The van der Waals surface area contributed by atoms with Gasteiger partial charge < -0.3 is 14.2 Å². The highest BCUT2D eigenvalue weighted by Crippen LogP contribution is 2.38. The number of carbonyl (C=O) groups excluding carboxylic acids is 1. The summed E-state index contributed by atoms with van der Waals surface area (Å²) in [5.41, 5.74) is 2.61. The molecule has 0 saturated carbocycles. The van der Waals surface area contributed by atoms with Crippen molar-refractivity contribution < 1.29 is 14.1 Å². The molecule has 6 heteroatoms. The average molecular weight is 412 g/mol. The van der Waals surface area contributed by atoms with Gasteiger partial charge in [-0.2, -0.15) is 0 Å². The summed E-state index contributed by atoms with van der Waals surface area (Å²) in [4.78, 5) is 17.6. The number of hydrogen-bond acceptors (Lipinski definition) is 5. The summed E-state index contributed by atoms with van der Waals surface area (Å²) in [5, 5.41) is 4.30. The Morgan fingerprint density at radius 3 is 2.67 bits per heavy atom. The number of rotatable bonds is 5. The highest BCUT2D eigenvalue weighted by molar-refractivity contribution is 5.83. The summed E-state index contributed by atoms with van der Waals surface area (Å²) in [6, 6.07) is 10.8.